The van der Waals surface area contributed by atoms with Gasteiger partial charge in [-0.15, -0.1) is 0 Å². The fourth-order valence-corrected chi connectivity index (χ4v) is 2.26. The van der Waals surface area contributed by atoms with Crippen molar-refractivity contribution >= 4 is 22.6 Å². The number of esters is 1. The molecule has 1 N–H and O–H groups in total. The normalized spacial score (nSPS) is 14.6. The van der Waals surface area contributed by atoms with Crippen molar-refractivity contribution < 1.29 is 19.0 Å². The standard InChI is InChI=1S/C15H16N2O4/c1-9(15(18)19-2)17-14-11-8-13-12(20-5-6-21-13)7-10(11)3-4-16-14/h3-4,7-9H,5-6H2,1-2H3,(H,16,17). The second-order valence-electron chi connectivity index (χ2n) is 4.77. The number of anilines is 1. The molecule has 110 valence electrons. The highest BCUT2D eigenvalue weighted by Crippen LogP contribution is 2.36. The van der Waals surface area contributed by atoms with Crippen LogP contribution in [0.1, 0.15) is 6.92 Å². The zero-order chi connectivity index (χ0) is 14.8. The Bertz CT molecular complexity index is 687. The van der Waals surface area contributed by atoms with Crippen LogP contribution in [0.25, 0.3) is 10.8 Å². The third-order valence-electron chi connectivity index (χ3n) is 3.34. The van der Waals surface area contributed by atoms with E-state index in [1.54, 1.807) is 13.1 Å². The van der Waals surface area contributed by atoms with E-state index in [0.29, 0.717) is 24.8 Å². The number of carbonyl (C=O) groups excluding carboxylic acids is 1. The third-order valence-corrected chi connectivity index (χ3v) is 3.34. The van der Waals surface area contributed by atoms with Gasteiger partial charge < -0.3 is 19.5 Å². The van der Waals surface area contributed by atoms with Crippen LogP contribution in [0.5, 0.6) is 11.5 Å². The van der Waals surface area contributed by atoms with Gasteiger partial charge in [0.25, 0.3) is 0 Å². The number of aromatic nitrogens is 1. The lowest BCUT2D eigenvalue weighted by Crippen LogP contribution is -2.27. The topological polar surface area (TPSA) is 69.7 Å². The number of methoxy groups -OCH3 is 1. The first-order valence-corrected chi connectivity index (χ1v) is 6.72. The Labute approximate surface area is 122 Å². The van der Waals surface area contributed by atoms with Crippen molar-refractivity contribution in [3.05, 3.63) is 24.4 Å². The maximum atomic E-state index is 11.5. The number of nitrogens with one attached hydrogen (secondary N) is 1. The molecule has 0 saturated carbocycles. The Balaban J connectivity index is 2.01. The van der Waals surface area contributed by atoms with Gasteiger partial charge in [-0.25, -0.2) is 9.78 Å². The number of fused-ring (bicyclic) bond motifs is 2. The lowest BCUT2D eigenvalue weighted by atomic mass is 10.1. The Morgan fingerprint density at radius 1 is 1.33 bits per heavy atom. The second kappa shape index (κ2) is 5.47. The van der Waals surface area contributed by atoms with Gasteiger partial charge in [0.1, 0.15) is 25.1 Å². The molecule has 1 aliphatic rings. The molecule has 1 atom stereocenters. The summed E-state index contributed by atoms with van der Waals surface area (Å²) >= 11 is 0. The van der Waals surface area contributed by atoms with E-state index in [0.717, 1.165) is 16.5 Å². The van der Waals surface area contributed by atoms with E-state index >= 15 is 0 Å². The van der Waals surface area contributed by atoms with Crippen molar-refractivity contribution in [1.82, 2.24) is 4.98 Å². The van der Waals surface area contributed by atoms with Crippen molar-refractivity contribution in [2.24, 2.45) is 0 Å². The third kappa shape index (κ3) is 2.56. The number of nitrogens with zero attached hydrogens (tertiary/aromatic N) is 1. The van der Waals surface area contributed by atoms with Crippen molar-refractivity contribution in [3.63, 3.8) is 0 Å². The van der Waals surface area contributed by atoms with Crippen LogP contribution in [-0.2, 0) is 9.53 Å². The molecule has 0 spiro atoms. The van der Waals surface area contributed by atoms with Crippen LogP contribution in [-0.4, -0.2) is 37.3 Å². The van der Waals surface area contributed by atoms with Crippen LogP contribution >= 0.6 is 0 Å². The van der Waals surface area contributed by atoms with Gasteiger partial charge in [-0.05, 0) is 30.5 Å². The van der Waals surface area contributed by atoms with Crippen LogP contribution in [0.2, 0.25) is 0 Å². The van der Waals surface area contributed by atoms with Crippen LogP contribution in [0.15, 0.2) is 24.4 Å². The van der Waals surface area contributed by atoms with E-state index in [2.05, 4.69) is 10.3 Å². The van der Waals surface area contributed by atoms with E-state index in [-0.39, 0.29) is 5.97 Å². The molecule has 1 aliphatic heterocycles. The van der Waals surface area contributed by atoms with Crippen LogP contribution in [0.4, 0.5) is 5.82 Å². The van der Waals surface area contributed by atoms with Crippen LogP contribution in [0, 0.1) is 0 Å². The highest BCUT2D eigenvalue weighted by atomic mass is 16.6. The fraction of sp³-hybridized carbons (Fsp3) is 0.333. The van der Waals surface area contributed by atoms with Crippen molar-refractivity contribution in [2.45, 2.75) is 13.0 Å². The average molecular weight is 288 g/mol. The maximum absolute atomic E-state index is 11.5. The molecule has 6 heteroatoms. The van der Waals surface area contributed by atoms with E-state index in [1.807, 2.05) is 18.2 Å². The molecule has 0 radical (unpaired) electrons. The lowest BCUT2D eigenvalue weighted by molar-refractivity contribution is -0.141. The van der Waals surface area contributed by atoms with Crippen molar-refractivity contribution in [1.29, 1.82) is 0 Å². The van der Waals surface area contributed by atoms with Gasteiger partial charge in [0.2, 0.25) is 0 Å². The van der Waals surface area contributed by atoms with Gasteiger partial charge in [-0.1, -0.05) is 0 Å². The minimum absolute atomic E-state index is 0.341. The van der Waals surface area contributed by atoms with E-state index in [1.165, 1.54) is 7.11 Å². The monoisotopic (exact) mass is 288 g/mol. The number of ether oxygens (including phenoxy) is 3. The minimum Gasteiger partial charge on any atom is -0.486 e. The summed E-state index contributed by atoms with van der Waals surface area (Å²) in [6.07, 6.45) is 1.69. The van der Waals surface area contributed by atoms with Crippen LogP contribution < -0.4 is 14.8 Å². The number of rotatable bonds is 3. The SMILES string of the molecule is COC(=O)C(C)Nc1nccc2cc3c(cc12)OCCO3. The Morgan fingerprint density at radius 2 is 2.05 bits per heavy atom. The molecule has 0 saturated heterocycles. The summed E-state index contributed by atoms with van der Waals surface area (Å²) in [6.45, 7) is 2.80. The molecule has 1 aromatic carbocycles. The maximum Gasteiger partial charge on any atom is 0.328 e. The molecule has 21 heavy (non-hydrogen) atoms. The van der Waals surface area contributed by atoms with Gasteiger partial charge in [0.15, 0.2) is 11.5 Å². The molecular formula is C15H16N2O4. The number of hydrogen-bond donors (Lipinski definition) is 1. The summed E-state index contributed by atoms with van der Waals surface area (Å²) in [5.74, 6) is 1.69. The van der Waals surface area contributed by atoms with E-state index in [9.17, 15) is 4.79 Å². The largest absolute Gasteiger partial charge is 0.486 e. The molecule has 0 fully saturated rings. The number of benzene rings is 1. The summed E-state index contributed by atoms with van der Waals surface area (Å²) in [5.41, 5.74) is 0. The second-order valence-corrected chi connectivity index (χ2v) is 4.77. The number of pyridine rings is 1. The Hall–Kier alpha value is -2.50. The zero-order valence-electron chi connectivity index (χ0n) is 11.9. The molecular weight excluding hydrogens is 272 g/mol. The van der Waals surface area contributed by atoms with Gasteiger partial charge in [-0.2, -0.15) is 0 Å². The molecule has 3 rings (SSSR count). The van der Waals surface area contributed by atoms with Gasteiger partial charge in [0, 0.05) is 11.6 Å². The number of hydrogen-bond acceptors (Lipinski definition) is 6. The van der Waals surface area contributed by atoms with Gasteiger partial charge >= 0.3 is 5.97 Å². The van der Waals surface area contributed by atoms with E-state index < -0.39 is 6.04 Å². The summed E-state index contributed by atoms with van der Waals surface area (Å²) in [4.78, 5) is 15.8. The Morgan fingerprint density at radius 3 is 2.76 bits per heavy atom. The van der Waals surface area contributed by atoms with Gasteiger partial charge in [0.05, 0.1) is 7.11 Å². The van der Waals surface area contributed by atoms with Crippen LogP contribution in [0.3, 0.4) is 0 Å². The molecule has 2 heterocycles. The van der Waals surface area contributed by atoms with Crippen molar-refractivity contribution in [3.8, 4) is 11.5 Å². The molecule has 1 aromatic heterocycles. The summed E-state index contributed by atoms with van der Waals surface area (Å²) in [5, 5.41) is 4.90. The Kier molecular flexibility index (Phi) is 3.51. The summed E-state index contributed by atoms with van der Waals surface area (Å²) in [7, 11) is 1.36. The minimum atomic E-state index is -0.485. The quantitative estimate of drug-likeness (QED) is 0.871. The molecule has 0 bridgehead atoms. The zero-order valence-corrected chi connectivity index (χ0v) is 11.9. The van der Waals surface area contributed by atoms with E-state index in [4.69, 9.17) is 14.2 Å². The molecule has 0 aliphatic carbocycles. The summed E-state index contributed by atoms with van der Waals surface area (Å²) in [6, 6.07) is 5.20. The predicted octanol–water partition coefficient (Wildman–Crippen LogP) is 1.98. The summed E-state index contributed by atoms with van der Waals surface area (Å²) < 4.78 is 15.9. The predicted molar refractivity (Wildman–Crippen MR) is 77.8 cm³/mol. The smallest absolute Gasteiger partial charge is 0.328 e. The average Bonchev–Trinajstić information content (AvgIpc) is 2.52. The highest BCUT2D eigenvalue weighted by Gasteiger charge is 2.17. The van der Waals surface area contributed by atoms with Gasteiger partial charge in [-0.3, -0.25) is 0 Å². The van der Waals surface area contributed by atoms with Crippen molar-refractivity contribution in [2.75, 3.05) is 25.6 Å². The lowest BCUT2D eigenvalue weighted by Gasteiger charge is -2.20. The number of carbonyl (C=O) groups is 1. The highest BCUT2D eigenvalue weighted by molar-refractivity contribution is 5.95. The first-order valence-electron chi connectivity index (χ1n) is 6.72. The first-order chi connectivity index (χ1) is 10.2. The molecule has 2 aromatic rings. The molecule has 0 amide bonds. The fourth-order valence-electron chi connectivity index (χ4n) is 2.26. The molecule has 6 nitrogen and oxygen atoms in total. The molecule has 1 unspecified atom stereocenters. The first kappa shape index (κ1) is 13.5.